The van der Waals surface area contributed by atoms with Crippen molar-refractivity contribution in [3.8, 4) is 0 Å². The highest BCUT2D eigenvalue weighted by atomic mass is 16.5. The summed E-state index contributed by atoms with van der Waals surface area (Å²) < 4.78 is 4.63. The highest BCUT2D eigenvalue weighted by Crippen LogP contribution is 2.13. The van der Waals surface area contributed by atoms with Gasteiger partial charge in [-0.3, -0.25) is 4.79 Å². The number of likely N-dealkylation sites (tertiary alicyclic amines) is 1. The summed E-state index contributed by atoms with van der Waals surface area (Å²) >= 11 is 0. The third kappa shape index (κ3) is 5.83. The molecule has 0 aromatic rings. The molecule has 1 aliphatic heterocycles. The van der Waals surface area contributed by atoms with E-state index in [-0.39, 0.29) is 5.97 Å². The summed E-state index contributed by atoms with van der Waals surface area (Å²) in [6.07, 6.45) is 5.14. The van der Waals surface area contributed by atoms with Gasteiger partial charge in [-0.2, -0.15) is 0 Å². The van der Waals surface area contributed by atoms with Crippen LogP contribution in [0, 0.1) is 0 Å². The summed E-state index contributed by atoms with van der Waals surface area (Å²) in [5.74, 6) is -0.108. The Kier molecular flexibility index (Phi) is 7.28. The zero-order valence-electron chi connectivity index (χ0n) is 12.1. The monoisotopic (exact) mass is 256 g/mol. The molecule has 0 saturated carbocycles. The Morgan fingerprint density at radius 3 is 2.83 bits per heavy atom. The van der Waals surface area contributed by atoms with Crippen molar-refractivity contribution < 1.29 is 9.53 Å². The van der Waals surface area contributed by atoms with Crippen LogP contribution in [0.2, 0.25) is 0 Å². The number of hydrogen-bond donors (Lipinski definition) is 1. The average Bonchev–Trinajstić information content (AvgIpc) is 2.59. The van der Waals surface area contributed by atoms with Gasteiger partial charge < -0.3 is 15.0 Å². The number of carbonyl (C=O) groups excluding carboxylic acids is 1. The number of esters is 1. The summed E-state index contributed by atoms with van der Waals surface area (Å²) in [5.41, 5.74) is 0. The van der Waals surface area contributed by atoms with Crippen LogP contribution in [0.1, 0.15) is 46.0 Å². The topological polar surface area (TPSA) is 41.6 Å². The second kappa shape index (κ2) is 8.48. The fourth-order valence-corrected chi connectivity index (χ4v) is 2.48. The van der Waals surface area contributed by atoms with Gasteiger partial charge in [-0.05, 0) is 59.2 Å². The third-order valence-electron chi connectivity index (χ3n) is 3.71. The molecular weight excluding hydrogens is 228 g/mol. The molecule has 1 N–H and O–H groups in total. The van der Waals surface area contributed by atoms with Crippen molar-refractivity contribution in [2.24, 2.45) is 0 Å². The Labute approximate surface area is 111 Å². The van der Waals surface area contributed by atoms with E-state index >= 15 is 0 Å². The smallest absolute Gasteiger partial charge is 0.305 e. The van der Waals surface area contributed by atoms with E-state index in [0.29, 0.717) is 18.5 Å². The van der Waals surface area contributed by atoms with Crippen LogP contribution in [0.3, 0.4) is 0 Å². The number of nitrogens with one attached hydrogen (secondary N) is 1. The highest BCUT2D eigenvalue weighted by molar-refractivity contribution is 5.69. The van der Waals surface area contributed by atoms with Crippen molar-refractivity contribution in [2.75, 3.05) is 26.7 Å². The number of rotatable bonds is 6. The van der Waals surface area contributed by atoms with Crippen molar-refractivity contribution in [3.05, 3.63) is 0 Å². The molecule has 1 atom stereocenters. The van der Waals surface area contributed by atoms with E-state index in [9.17, 15) is 4.79 Å². The second-order valence-electron chi connectivity index (χ2n) is 5.39. The van der Waals surface area contributed by atoms with Gasteiger partial charge in [0.05, 0.1) is 7.11 Å². The lowest BCUT2D eigenvalue weighted by atomic mass is 10.1. The molecule has 4 heteroatoms. The molecule has 0 spiro atoms. The van der Waals surface area contributed by atoms with Gasteiger partial charge in [0, 0.05) is 18.5 Å². The zero-order chi connectivity index (χ0) is 13.4. The van der Waals surface area contributed by atoms with Gasteiger partial charge in [0.25, 0.3) is 0 Å². The van der Waals surface area contributed by atoms with E-state index in [2.05, 4.69) is 28.8 Å². The van der Waals surface area contributed by atoms with Crippen LogP contribution in [-0.2, 0) is 9.53 Å². The minimum Gasteiger partial charge on any atom is -0.469 e. The lowest BCUT2D eigenvalue weighted by molar-refractivity contribution is -0.140. The summed E-state index contributed by atoms with van der Waals surface area (Å²) in [4.78, 5) is 13.5. The predicted octanol–water partition coefficient (Wildman–Crippen LogP) is 1.79. The van der Waals surface area contributed by atoms with Crippen LogP contribution < -0.4 is 5.32 Å². The average molecular weight is 256 g/mol. The van der Waals surface area contributed by atoms with E-state index in [1.165, 1.54) is 39.5 Å². The third-order valence-corrected chi connectivity index (χ3v) is 3.71. The van der Waals surface area contributed by atoms with E-state index in [1.807, 2.05) is 0 Å². The molecule has 1 aliphatic rings. The Hall–Kier alpha value is -0.610. The fourth-order valence-electron chi connectivity index (χ4n) is 2.48. The zero-order valence-corrected chi connectivity index (χ0v) is 12.1. The van der Waals surface area contributed by atoms with Gasteiger partial charge in [-0.1, -0.05) is 0 Å². The highest BCUT2D eigenvalue weighted by Gasteiger charge is 2.17. The van der Waals surface area contributed by atoms with Crippen LogP contribution in [-0.4, -0.2) is 49.7 Å². The molecule has 1 saturated heterocycles. The predicted molar refractivity (Wildman–Crippen MR) is 73.6 cm³/mol. The molecule has 0 amide bonds. The summed E-state index contributed by atoms with van der Waals surface area (Å²) in [6.45, 7) is 7.86. The molecule has 1 fully saturated rings. The Morgan fingerprint density at radius 2 is 2.17 bits per heavy atom. The van der Waals surface area contributed by atoms with Gasteiger partial charge in [0.1, 0.15) is 0 Å². The van der Waals surface area contributed by atoms with Gasteiger partial charge >= 0.3 is 5.97 Å². The van der Waals surface area contributed by atoms with Crippen molar-refractivity contribution >= 4 is 5.97 Å². The van der Waals surface area contributed by atoms with Crippen LogP contribution in [0.4, 0.5) is 0 Å². The molecule has 106 valence electrons. The van der Waals surface area contributed by atoms with Crippen molar-refractivity contribution in [3.63, 3.8) is 0 Å². The fraction of sp³-hybridized carbons (Fsp3) is 0.929. The molecule has 0 bridgehead atoms. The number of hydrogen-bond acceptors (Lipinski definition) is 4. The van der Waals surface area contributed by atoms with Crippen LogP contribution in [0.15, 0.2) is 0 Å². The number of ether oxygens (including phenoxy) is 1. The molecule has 1 rings (SSSR count). The van der Waals surface area contributed by atoms with Gasteiger partial charge in [0.2, 0.25) is 0 Å². The molecule has 0 aliphatic carbocycles. The minimum atomic E-state index is -0.108. The second-order valence-corrected chi connectivity index (χ2v) is 5.39. The van der Waals surface area contributed by atoms with Crippen molar-refractivity contribution in [1.82, 2.24) is 10.2 Å². The first-order valence-corrected chi connectivity index (χ1v) is 7.17. The summed E-state index contributed by atoms with van der Waals surface area (Å²) in [5, 5.41) is 3.57. The van der Waals surface area contributed by atoms with E-state index in [0.717, 1.165) is 13.0 Å². The lowest BCUT2D eigenvalue weighted by Gasteiger charge is -2.24. The standard InChI is InChI=1S/C14H28N2O2/c1-12(2)16-10-5-6-13(8-11-16)15-9-4-7-14(17)18-3/h12-13,15H,4-11H2,1-3H3. The lowest BCUT2D eigenvalue weighted by Crippen LogP contribution is -2.34. The molecule has 18 heavy (non-hydrogen) atoms. The van der Waals surface area contributed by atoms with Crippen molar-refractivity contribution in [1.29, 1.82) is 0 Å². The number of carbonyl (C=O) groups is 1. The van der Waals surface area contributed by atoms with Crippen molar-refractivity contribution in [2.45, 2.75) is 58.0 Å². The first kappa shape index (κ1) is 15.4. The van der Waals surface area contributed by atoms with Gasteiger partial charge in [-0.25, -0.2) is 0 Å². The summed E-state index contributed by atoms with van der Waals surface area (Å²) in [6, 6.07) is 1.27. The van der Waals surface area contributed by atoms with Gasteiger partial charge in [-0.15, -0.1) is 0 Å². The first-order chi connectivity index (χ1) is 8.63. The van der Waals surface area contributed by atoms with Gasteiger partial charge in [0.15, 0.2) is 0 Å². The summed E-state index contributed by atoms with van der Waals surface area (Å²) in [7, 11) is 1.45. The SMILES string of the molecule is COC(=O)CCCNC1CCCN(C(C)C)CC1. The minimum absolute atomic E-state index is 0.108. The molecule has 1 unspecified atom stereocenters. The Bertz CT molecular complexity index is 244. The molecule has 0 aromatic carbocycles. The van der Waals surface area contributed by atoms with E-state index < -0.39 is 0 Å². The Morgan fingerprint density at radius 1 is 1.39 bits per heavy atom. The molecule has 1 heterocycles. The molecule has 4 nitrogen and oxygen atoms in total. The molecule has 0 aromatic heterocycles. The molecule has 0 radical (unpaired) electrons. The van der Waals surface area contributed by atoms with Crippen LogP contribution in [0.25, 0.3) is 0 Å². The number of nitrogens with zero attached hydrogens (tertiary/aromatic N) is 1. The normalized spacial score (nSPS) is 21.9. The number of methoxy groups -OCH3 is 1. The maximum Gasteiger partial charge on any atom is 0.305 e. The van der Waals surface area contributed by atoms with E-state index in [4.69, 9.17) is 0 Å². The van der Waals surface area contributed by atoms with Crippen LogP contribution >= 0.6 is 0 Å². The Balaban J connectivity index is 2.14. The van der Waals surface area contributed by atoms with E-state index in [1.54, 1.807) is 0 Å². The maximum absolute atomic E-state index is 11.0. The maximum atomic E-state index is 11.0. The van der Waals surface area contributed by atoms with Crippen LogP contribution in [0.5, 0.6) is 0 Å². The first-order valence-electron chi connectivity index (χ1n) is 7.17. The molecular formula is C14H28N2O2. The quantitative estimate of drug-likeness (QED) is 0.581. The largest absolute Gasteiger partial charge is 0.469 e.